The summed E-state index contributed by atoms with van der Waals surface area (Å²) in [4.78, 5) is 19.2. The van der Waals surface area contributed by atoms with E-state index in [9.17, 15) is 13.2 Å². The molecule has 0 radical (unpaired) electrons. The van der Waals surface area contributed by atoms with Gasteiger partial charge in [-0.2, -0.15) is 4.31 Å². The second-order valence-electron chi connectivity index (χ2n) is 5.44. The Labute approximate surface area is 152 Å². The van der Waals surface area contributed by atoms with Gasteiger partial charge in [0.2, 0.25) is 10.0 Å². The smallest absolute Gasteiger partial charge is 0.339 e. The maximum absolute atomic E-state index is 12.4. The molecule has 1 N–H and O–H groups in total. The molecule has 8 nitrogen and oxygen atoms in total. The minimum absolute atomic E-state index is 0.0414. The van der Waals surface area contributed by atoms with E-state index >= 15 is 0 Å². The fraction of sp³-hybridized carbons (Fsp3) is 0.353. The molecule has 1 aromatic carbocycles. The van der Waals surface area contributed by atoms with Crippen LogP contribution in [0.25, 0.3) is 0 Å². The van der Waals surface area contributed by atoms with Crippen LogP contribution >= 0.6 is 0 Å². The number of carbonyl (C=O) groups is 1. The van der Waals surface area contributed by atoms with Gasteiger partial charge in [0.05, 0.1) is 16.2 Å². The molecule has 0 aliphatic carbocycles. The molecule has 0 saturated carbocycles. The molecule has 140 valence electrons. The summed E-state index contributed by atoms with van der Waals surface area (Å²) in [5.41, 5.74) is 0.395. The first-order chi connectivity index (χ1) is 12.3. The number of hydrogen-bond acceptors (Lipinski definition) is 6. The summed E-state index contributed by atoms with van der Waals surface area (Å²) in [6, 6.07) is 6.11. The van der Waals surface area contributed by atoms with Crippen molar-refractivity contribution < 1.29 is 23.1 Å². The average molecular weight is 379 g/mol. The maximum Gasteiger partial charge on any atom is 0.339 e. The summed E-state index contributed by atoms with van der Waals surface area (Å²) in [5, 5.41) is 8.97. The fourth-order valence-electron chi connectivity index (χ4n) is 2.36. The molecule has 0 bridgehead atoms. The summed E-state index contributed by atoms with van der Waals surface area (Å²) in [6.45, 7) is 6.01. The van der Waals surface area contributed by atoms with Gasteiger partial charge in [0.25, 0.3) is 0 Å². The van der Waals surface area contributed by atoms with Crippen molar-refractivity contribution in [3.05, 3.63) is 47.5 Å². The number of sulfonamides is 1. The summed E-state index contributed by atoms with van der Waals surface area (Å²) >= 11 is 0. The standard InChI is InChI=1S/C17H21N3O5S/c1-4-20(5-2)26(23,24)14-8-6-13(7-9-14)25-11-16-18-10-15(17(21)22)12(3)19-16/h6-10H,4-5,11H2,1-3H3,(H,21,22). The lowest BCUT2D eigenvalue weighted by Gasteiger charge is -2.18. The highest BCUT2D eigenvalue weighted by molar-refractivity contribution is 7.89. The lowest BCUT2D eigenvalue weighted by atomic mass is 10.2. The van der Waals surface area contributed by atoms with E-state index in [4.69, 9.17) is 9.84 Å². The monoisotopic (exact) mass is 379 g/mol. The van der Waals surface area contributed by atoms with Gasteiger partial charge in [0.15, 0.2) is 5.82 Å². The van der Waals surface area contributed by atoms with Crippen molar-refractivity contribution in [2.75, 3.05) is 13.1 Å². The van der Waals surface area contributed by atoms with Crippen molar-refractivity contribution in [1.82, 2.24) is 14.3 Å². The molecular weight excluding hydrogens is 358 g/mol. The number of carboxylic acids is 1. The zero-order valence-electron chi connectivity index (χ0n) is 14.8. The first-order valence-corrected chi connectivity index (χ1v) is 9.52. The van der Waals surface area contributed by atoms with Crippen molar-refractivity contribution in [2.24, 2.45) is 0 Å². The number of ether oxygens (including phenoxy) is 1. The molecule has 26 heavy (non-hydrogen) atoms. The van der Waals surface area contributed by atoms with E-state index in [0.717, 1.165) is 0 Å². The third kappa shape index (κ3) is 4.36. The molecule has 0 unspecified atom stereocenters. The molecule has 0 aliphatic rings. The van der Waals surface area contributed by atoms with E-state index in [1.54, 1.807) is 32.9 Å². The maximum atomic E-state index is 12.4. The molecule has 0 saturated heterocycles. The Balaban J connectivity index is 2.08. The van der Waals surface area contributed by atoms with E-state index in [1.807, 2.05) is 0 Å². The lowest BCUT2D eigenvalue weighted by Crippen LogP contribution is -2.30. The zero-order valence-corrected chi connectivity index (χ0v) is 15.7. The molecule has 0 amide bonds. The minimum atomic E-state index is -3.51. The zero-order chi connectivity index (χ0) is 19.3. The topological polar surface area (TPSA) is 110 Å². The van der Waals surface area contributed by atoms with E-state index in [1.165, 1.54) is 22.6 Å². The first-order valence-electron chi connectivity index (χ1n) is 8.08. The number of aromatic nitrogens is 2. The van der Waals surface area contributed by atoms with Crippen molar-refractivity contribution in [1.29, 1.82) is 0 Å². The Kier molecular flexibility index (Phi) is 6.27. The van der Waals surface area contributed by atoms with Gasteiger partial charge in [-0.05, 0) is 31.2 Å². The lowest BCUT2D eigenvalue weighted by molar-refractivity contribution is 0.0695. The van der Waals surface area contributed by atoms with Crippen molar-refractivity contribution in [2.45, 2.75) is 32.3 Å². The molecule has 1 aromatic heterocycles. The normalized spacial score (nSPS) is 11.5. The Hall–Kier alpha value is -2.52. The SMILES string of the molecule is CCN(CC)S(=O)(=O)c1ccc(OCc2ncc(C(=O)O)c(C)n2)cc1. The number of carboxylic acid groups (broad SMARTS) is 1. The van der Waals surface area contributed by atoms with E-state index in [0.29, 0.717) is 30.4 Å². The molecule has 2 aromatic rings. The van der Waals surface area contributed by atoms with Crippen LogP contribution in [0.15, 0.2) is 35.4 Å². The molecule has 1 heterocycles. The Morgan fingerprint density at radius 3 is 2.31 bits per heavy atom. The predicted octanol–water partition coefficient (Wildman–Crippen LogP) is 2.09. The van der Waals surface area contributed by atoms with Crippen LogP contribution in [0.5, 0.6) is 5.75 Å². The van der Waals surface area contributed by atoms with E-state index in [-0.39, 0.29) is 17.1 Å². The van der Waals surface area contributed by atoms with Crippen LogP contribution in [0.3, 0.4) is 0 Å². The van der Waals surface area contributed by atoms with Gasteiger partial charge in [-0.1, -0.05) is 13.8 Å². The van der Waals surface area contributed by atoms with Gasteiger partial charge < -0.3 is 9.84 Å². The largest absolute Gasteiger partial charge is 0.486 e. The van der Waals surface area contributed by atoms with E-state index < -0.39 is 16.0 Å². The van der Waals surface area contributed by atoms with Gasteiger partial charge in [0, 0.05) is 19.3 Å². The second-order valence-corrected chi connectivity index (χ2v) is 7.38. The summed E-state index contributed by atoms with van der Waals surface area (Å²) in [6.07, 6.45) is 1.24. The molecule has 9 heteroatoms. The molecule has 0 fully saturated rings. The van der Waals surface area contributed by atoms with Crippen LogP contribution in [-0.4, -0.2) is 46.9 Å². The predicted molar refractivity (Wildman–Crippen MR) is 94.6 cm³/mol. The van der Waals surface area contributed by atoms with Crippen LogP contribution in [-0.2, 0) is 16.6 Å². The number of nitrogens with zero attached hydrogens (tertiary/aromatic N) is 3. The second kappa shape index (κ2) is 8.24. The Morgan fingerprint density at radius 2 is 1.81 bits per heavy atom. The quantitative estimate of drug-likeness (QED) is 0.748. The summed E-state index contributed by atoms with van der Waals surface area (Å²) < 4.78 is 31.8. The third-order valence-electron chi connectivity index (χ3n) is 3.79. The number of benzene rings is 1. The number of hydrogen-bond donors (Lipinski definition) is 1. The van der Waals surface area contributed by atoms with Crippen molar-refractivity contribution in [3.8, 4) is 5.75 Å². The highest BCUT2D eigenvalue weighted by atomic mass is 32.2. The van der Waals surface area contributed by atoms with Crippen LogP contribution < -0.4 is 4.74 Å². The van der Waals surface area contributed by atoms with Gasteiger partial charge in [-0.3, -0.25) is 0 Å². The molecule has 2 rings (SSSR count). The molecule has 0 spiro atoms. The van der Waals surface area contributed by atoms with Gasteiger partial charge >= 0.3 is 5.97 Å². The minimum Gasteiger partial charge on any atom is -0.486 e. The Morgan fingerprint density at radius 1 is 1.19 bits per heavy atom. The van der Waals surface area contributed by atoms with Gasteiger partial charge in [-0.25, -0.2) is 23.2 Å². The first kappa shape index (κ1) is 19.8. The highest BCUT2D eigenvalue weighted by Gasteiger charge is 2.21. The van der Waals surface area contributed by atoms with Crippen LogP contribution in [0.2, 0.25) is 0 Å². The number of aryl methyl sites for hydroxylation is 1. The van der Waals surface area contributed by atoms with Gasteiger partial charge in [-0.15, -0.1) is 0 Å². The van der Waals surface area contributed by atoms with Crippen LogP contribution in [0.1, 0.15) is 35.7 Å². The molecule has 0 aliphatic heterocycles. The molecule has 0 atom stereocenters. The third-order valence-corrected chi connectivity index (χ3v) is 5.86. The Bertz CT molecular complexity index is 878. The fourth-order valence-corrected chi connectivity index (χ4v) is 3.82. The van der Waals surface area contributed by atoms with Gasteiger partial charge in [0.1, 0.15) is 12.4 Å². The van der Waals surface area contributed by atoms with Crippen LogP contribution in [0.4, 0.5) is 0 Å². The van der Waals surface area contributed by atoms with Crippen molar-refractivity contribution in [3.63, 3.8) is 0 Å². The average Bonchev–Trinajstić information content (AvgIpc) is 2.61. The van der Waals surface area contributed by atoms with Crippen molar-refractivity contribution >= 4 is 16.0 Å². The summed E-state index contributed by atoms with van der Waals surface area (Å²) in [5.74, 6) is -0.278. The van der Waals surface area contributed by atoms with Crippen LogP contribution in [0, 0.1) is 6.92 Å². The summed E-state index contributed by atoms with van der Waals surface area (Å²) in [7, 11) is -3.51. The number of aromatic carboxylic acids is 1. The number of rotatable bonds is 8. The molecular formula is C17H21N3O5S. The highest BCUT2D eigenvalue weighted by Crippen LogP contribution is 2.20. The van der Waals surface area contributed by atoms with E-state index in [2.05, 4.69) is 9.97 Å².